The van der Waals surface area contributed by atoms with Crippen LogP contribution >= 0.6 is 0 Å². The minimum atomic E-state index is -0.254. The van der Waals surface area contributed by atoms with Crippen molar-refractivity contribution < 1.29 is 19.0 Å². The van der Waals surface area contributed by atoms with Crippen molar-refractivity contribution in [1.29, 1.82) is 0 Å². The summed E-state index contributed by atoms with van der Waals surface area (Å²) in [7, 11) is 1.62. The number of para-hydroxylation sites is 1. The van der Waals surface area contributed by atoms with Crippen molar-refractivity contribution in [3.63, 3.8) is 0 Å². The summed E-state index contributed by atoms with van der Waals surface area (Å²) in [6, 6.07) is 13.5. The van der Waals surface area contributed by atoms with Crippen molar-refractivity contribution in [3.8, 4) is 11.5 Å². The molecule has 1 amide bonds. The predicted molar refractivity (Wildman–Crippen MR) is 114 cm³/mol. The van der Waals surface area contributed by atoms with Crippen molar-refractivity contribution in [3.05, 3.63) is 53.6 Å². The molecule has 3 rings (SSSR count). The molecule has 1 atom stereocenters. The van der Waals surface area contributed by atoms with Gasteiger partial charge in [-0.05, 0) is 43.2 Å². The fourth-order valence-corrected chi connectivity index (χ4v) is 3.44. The standard InChI is InChI=1S/C23H30N2O4/c1-4-6-13-25-22(24-19-10-8-7-9-18(19)23(25)26)17-11-12-20(21(16-17)27-3)29-15-14-28-5-2/h7-12,16,22,24H,4-6,13-15H2,1-3H3. The van der Waals surface area contributed by atoms with Gasteiger partial charge in [-0.1, -0.05) is 31.5 Å². The van der Waals surface area contributed by atoms with Gasteiger partial charge in [-0.25, -0.2) is 0 Å². The number of benzene rings is 2. The molecule has 2 aromatic rings. The summed E-state index contributed by atoms with van der Waals surface area (Å²) in [5, 5.41) is 3.52. The molecule has 29 heavy (non-hydrogen) atoms. The van der Waals surface area contributed by atoms with Gasteiger partial charge in [0.2, 0.25) is 0 Å². The van der Waals surface area contributed by atoms with Gasteiger partial charge in [-0.2, -0.15) is 0 Å². The molecule has 0 radical (unpaired) electrons. The van der Waals surface area contributed by atoms with E-state index in [0.29, 0.717) is 43.4 Å². The van der Waals surface area contributed by atoms with E-state index >= 15 is 0 Å². The second-order valence-electron chi connectivity index (χ2n) is 6.90. The number of nitrogens with zero attached hydrogens (tertiary/aromatic N) is 1. The third-order valence-corrected chi connectivity index (χ3v) is 4.97. The molecule has 0 aromatic heterocycles. The molecule has 0 saturated heterocycles. The first-order chi connectivity index (χ1) is 14.2. The molecule has 0 fully saturated rings. The number of ether oxygens (including phenoxy) is 3. The maximum absolute atomic E-state index is 13.1. The van der Waals surface area contributed by atoms with Gasteiger partial charge in [-0.15, -0.1) is 0 Å². The molecule has 1 unspecified atom stereocenters. The van der Waals surface area contributed by atoms with Crippen LogP contribution in [0.3, 0.4) is 0 Å². The third kappa shape index (κ3) is 4.82. The number of amides is 1. The zero-order chi connectivity index (χ0) is 20.6. The van der Waals surface area contributed by atoms with Crippen molar-refractivity contribution >= 4 is 11.6 Å². The van der Waals surface area contributed by atoms with E-state index in [2.05, 4.69) is 12.2 Å². The lowest BCUT2D eigenvalue weighted by Crippen LogP contribution is -2.43. The monoisotopic (exact) mass is 398 g/mol. The molecule has 1 aliphatic heterocycles. The van der Waals surface area contributed by atoms with E-state index in [4.69, 9.17) is 14.2 Å². The van der Waals surface area contributed by atoms with Crippen molar-refractivity contribution in [2.24, 2.45) is 0 Å². The molecular formula is C23H30N2O4. The van der Waals surface area contributed by atoms with Crippen LogP contribution in [0.1, 0.15) is 48.8 Å². The molecule has 156 valence electrons. The molecule has 2 aromatic carbocycles. The summed E-state index contributed by atoms with van der Waals surface area (Å²) in [5.41, 5.74) is 2.52. The second-order valence-corrected chi connectivity index (χ2v) is 6.90. The maximum atomic E-state index is 13.1. The Hall–Kier alpha value is -2.73. The quantitative estimate of drug-likeness (QED) is 0.598. The SMILES string of the molecule is CCCCN1C(=O)c2ccccc2NC1c1ccc(OCCOCC)c(OC)c1. The van der Waals surface area contributed by atoms with Gasteiger partial charge in [0.1, 0.15) is 12.8 Å². The lowest BCUT2D eigenvalue weighted by atomic mass is 10.0. The summed E-state index contributed by atoms with van der Waals surface area (Å²) >= 11 is 0. The van der Waals surface area contributed by atoms with Gasteiger partial charge in [-0.3, -0.25) is 4.79 Å². The first kappa shape index (κ1) is 21.0. The number of hydrogen-bond donors (Lipinski definition) is 1. The summed E-state index contributed by atoms with van der Waals surface area (Å²) in [4.78, 5) is 15.0. The van der Waals surface area contributed by atoms with E-state index in [-0.39, 0.29) is 12.1 Å². The van der Waals surface area contributed by atoms with Crippen LogP contribution in [0.2, 0.25) is 0 Å². The van der Waals surface area contributed by atoms with Crippen LogP contribution in [0, 0.1) is 0 Å². The van der Waals surface area contributed by atoms with Gasteiger partial charge in [0.15, 0.2) is 11.5 Å². The first-order valence-electron chi connectivity index (χ1n) is 10.2. The minimum Gasteiger partial charge on any atom is -0.493 e. The molecule has 1 N–H and O–H groups in total. The normalized spacial score (nSPS) is 15.6. The number of carbonyl (C=O) groups excluding carboxylic acids is 1. The highest BCUT2D eigenvalue weighted by atomic mass is 16.5. The number of fused-ring (bicyclic) bond motifs is 1. The Bertz CT molecular complexity index is 824. The zero-order valence-electron chi connectivity index (χ0n) is 17.4. The fourth-order valence-electron chi connectivity index (χ4n) is 3.44. The van der Waals surface area contributed by atoms with Crippen molar-refractivity contribution in [1.82, 2.24) is 4.90 Å². The number of methoxy groups -OCH3 is 1. The largest absolute Gasteiger partial charge is 0.493 e. The maximum Gasteiger partial charge on any atom is 0.257 e. The Kier molecular flexibility index (Phi) is 7.36. The highest BCUT2D eigenvalue weighted by Gasteiger charge is 2.32. The Balaban J connectivity index is 1.87. The van der Waals surface area contributed by atoms with Crippen LogP contribution in [0.4, 0.5) is 5.69 Å². The fraction of sp³-hybridized carbons (Fsp3) is 0.435. The molecule has 0 bridgehead atoms. The number of rotatable bonds is 10. The van der Waals surface area contributed by atoms with Gasteiger partial charge in [0.05, 0.1) is 19.3 Å². The summed E-state index contributed by atoms with van der Waals surface area (Å²) in [6.45, 7) is 6.42. The van der Waals surface area contributed by atoms with E-state index < -0.39 is 0 Å². The van der Waals surface area contributed by atoms with E-state index in [0.717, 1.165) is 24.1 Å². The Labute approximate surface area is 172 Å². The molecule has 1 aliphatic rings. The number of unbranched alkanes of at least 4 members (excludes halogenated alkanes) is 1. The van der Waals surface area contributed by atoms with E-state index in [9.17, 15) is 4.79 Å². The molecule has 1 heterocycles. The molecule has 0 spiro atoms. The van der Waals surface area contributed by atoms with E-state index in [1.54, 1.807) is 7.11 Å². The Morgan fingerprint density at radius 1 is 1.07 bits per heavy atom. The predicted octanol–water partition coefficient (Wildman–Crippen LogP) is 4.48. The molecule has 6 nitrogen and oxygen atoms in total. The third-order valence-electron chi connectivity index (χ3n) is 4.97. The van der Waals surface area contributed by atoms with Gasteiger partial charge in [0, 0.05) is 18.8 Å². The number of nitrogens with one attached hydrogen (secondary N) is 1. The zero-order valence-corrected chi connectivity index (χ0v) is 17.4. The van der Waals surface area contributed by atoms with Gasteiger partial charge < -0.3 is 24.4 Å². The van der Waals surface area contributed by atoms with E-state index in [1.165, 1.54) is 0 Å². The average Bonchev–Trinajstić information content (AvgIpc) is 2.76. The molecule has 6 heteroatoms. The van der Waals surface area contributed by atoms with E-state index in [1.807, 2.05) is 54.3 Å². The Morgan fingerprint density at radius 2 is 1.90 bits per heavy atom. The first-order valence-corrected chi connectivity index (χ1v) is 10.2. The van der Waals surface area contributed by atoms with Gasteiger partial charge >= 0.3 is 0 Å². The lowest BCUT2D eigenvalue weighted by Gasteiger charge is -2.38. The number of hydrogen-bond acceptors (Lipinski definition) is 5. The number of anilines is 1. The lowest BCUT2D eigenvalue weighted by molar-refractivity contribution is 0.0680. The molecule has 0 saturated carbocycles. The van der Waals surface area contributed by atoms with Crippen LogP contribution in [0.25, 0.3) is 0 Å². The molecular weight excluding hydrogens is 368 g/mol. The summed E-state index contributed by atoms with van der Waals surface area (Å²) in [5.74, 6) is 1.36. The Morgan fingerprint density at radius 3 is 2.66 bits per heavy atom. The molecule has 0 aliphatic carbocycles. The summed E-state index contributed by atoms with van der Waals surface area (Å²) in [6.07, 6.45) is 1.71. The van der Waals surface area contributed by atoms with Crippen LogP contribution in [0.5, 0.6) is 11.5 Å². The smallest absolute Gasteiger partial charge is 0.257 e. The number of carbonyl (C=O) groups is 1. The van der Waals surface area contributed by atoms with Crippen LogP contribution < -0.4 is 14.8 Å². The minimum absolute atomic E-state index is 0.0498. The highest BCUT2D eigenvalue weighted by molar-refractivity contribution is 6.01. The van der Waals surface area contributed by atoms with Crippen molar-refractivity contribution in [2.45, 2.75) is 32.9 Å². The topological polar surface area (TPSA) is 60.0 Å². The van der Waals surface area contributed by atoms with Crippen LogP contribution in [0.15, 0.2) is 42.5 Å². The average molecular weight is 399 g/mol. The summed E-state index contributed by atoms with van der Waals surface area (Å²) < 4.78 is 16.7. The van der Waals surface area contributed by atoms with Gasteiger partial charge in [0.25, 0.3) is 5.91 Å². The van der Waals surface area contributed by atoms with Crippen LogP contribution in [-0.2, 0) is 4.74 Å². The van der Waals surface area contributed by atoms with Crippen molar-refractivity contribution in [2.75, 3.05) is 38.8 Å². The highest BCUT2D eigenvalue weighted by Crippen LogP contribution is 2.37. The van der Waals surface area contributed by atoms with Crippen LogP contribution in [-0.4, -0.2) is 44.3 Å². The second kappa shape index (κ2) is 10.2.